The van der Waals surface area contributed by atoms with Crippen LogP contribution in [-0.2, 0) is 0 Å². The van der Waals surface area contributed by atoms with Gasteiger partial charge in [-0.15, -0.1) is 0 Å². The van der Waals surface area contributed by atoms with Crippen LogP contribution in [0, 0.1) is 0 Å². The van der Waals surface area contributed by atoms with Gasteiger partial charge in [0.25, 0.3) is 0 Å². The first-order valence-corrected chi connectivity index (χ1v) is 2.33. The van der Waals surface area contributed by atoms with Crippen molar-refractivity contribution in [2.45, 2.75) is 0 Å². The molecule has 31 valence electrons. The molecule has 0 aromatic heterocycles. The van der Waals surface area contributed by atoms with E-state index in [4.69, 9.17) is 30.9 Å². The van der Waals surface area contributed by atoms with Crippen molar-refractivity contribution in [2.75, 3.05) is 0 Å². The molecule has 0 aliphatic carbocycles. The second kappa shape index (κ2) is 4.41. The molecule has 0 amide bonds. The van der Waals surface area contributed by atoms with Crippen LogP contribution < -0.4 is 0 Å². The zero-order valence-corrected chi connectivity index (χ0v) is 4.62. The summed E-state index contributed by atoms with van der Waals surface area (Å²) in [5, 5.41) is 0. The van der Waals surface area contributed by atoms with Crippen LogP contribution in [0.4, 0.5) is 0 Å². The van der Waals surface area contributed by atoms with Gasteiger partial charge in [-0.3, -0.25) is 0 Å². The van der Waals surface area contributed by atoms with Crippen molar-refractivity contribution >= 4 is 64.9 Å². The van der Waals surface area contributed by atoms with Gasteiger partial charge in [0.1, 0.15) is 0 Å². The molecule has 0 unspecified atom stereocenters. The Morgan fingerprint density at radius 2 is 1.33 bits per heavy atom. The van der Waals surface area contributed by atoms with Crippen molar-refractivity contribution in [3.8, 4) is 0 Å². The van der Waals surface area contributed by atoms with Crippen molar-refractivity contribution in [2.24, 2.45) is 0 Å². The summed E-state index contributed by atoms with van der Waals surface area (Å²) in [6.07, 6.45) is -0.755. The Labute approximate surface area is 65.5 Å². The summed E-state index contributed by atoms with van der Waals surface area (Å²) < 4.78 is 0. The third-order valence-corrected chi connectivity index (χ3v) is 0.889. The molecule has 0 spiro atoms. The topological polar surface area (TPSA) is 0 Å². The fourth-order valence-corrected chi connectivity index (χ4v) is 0.257. The van der Waals surface area contributed by atoms with E-state index < -0.39 is 0 Å². The molecule has 0 aromatic carbocycles. The van der Waals surface area contributed by atoms with Gasteiger partial charge in [0.05, 0.1) is 0 Å². The lowest BCUT2D eigenvalue weighted by atomic mass is 8.64. The largest absolute Gasteiger partial charge is 0.158 e. The predicted molar refractivity (Wildman–Crippen MR) is 56.0 cm³/mol. The second-order valence-electron chi connectivity index (χ2n) is 1.73. The monoisotopic (exact) mass is 102 g/mol. The third-order valence-electron chi connectivity index (χ3n) is 0.889. The van der Waals surface area contributed by atoms with Crippen LogP contribution >= 0.6 is 0 Å². The molecule has 0 rings (SSSR count). The van der Waals surface area contributed by atoms with Gasteiger partial charge in [0.2, 0.25) is 0 Å². The molecule has 0 saturated carbocycles. The maximum atomic E-state index is 5.37. The van der Waals surface area contributed by atoms with Crippen molar-refractivity contribution in [3.63, 3.8) is 0 Å². The lowest BCUT2D eigenvalue weighted by Gasteiger charge is -2.21. The molecule has 0 aliphatic rings. The summed E-state index contributed by atoms with van der Waals surface area (Å²) >= 11 is 0. The molecular weight excluding hydrogens is 97.3 g/mol. The van der Waals surface area contributed by atoms with Gasteiger partial charge < -0.3 is 0 Å². The molecular formula is H3B9-. The van der Waals surface area contributed by atoms with E-state index in [0.29, 0.717) is 0 Å². The number of hydrogen-bond donors (Lipinski definition) is 0. The lowest BCUT2D eigenvalue weighted by Crippen LogP contribution is -2.55. The van der Waals surface area contributed by atoms with Gasteiger partial charge in [-0.2, -0.15) is 7.06 Å². The van der Waals surface area contributed by atoms with Crippen LogP contribution in [0.3, 0.4) is 0 Å². The van der Waals surface area contributed by atoms with E-state index in [0.717, 1.165) is 0 Å². The fraction of sp³-hybridized carbons (Fsp3) is 0. The van der Waals surface area contributed by atoms with Crippen LogP contribution in [0.1, 0.15) is 0 Å². The maximum Gasteiger partial charge on any atom is -0.000101 e. The van der Waals surface area contributed by atoms with Gasteiger partial charge >= 0.3 is 0 Å². The molecule has 9 heavy (non-hydrogen) atoms. The van der Waals surface area contributed by atoms with E-state index in [1.54, 1.807) is 0 Å². The molecule has 0 saturated heterocycles. The minimum atomic E-state index is -0.387. The highest BCUT2D eigenvalue weighted by Gasteiger charge is 2.15. The van der Waals surface area contributed by atoms with Crippen LogP contribution in [0.2, 0.25) is 0 Å². The van der Waals surface area contributed by atoms with Crippen molar-refractivity contribution in [1.82, 2.24) is 0 Å². The highest BCUT2D eigenvalue weighted by Crippen LogP contribution is 1.80. The smallest absolute Gasteiger partial charge is 0.000101 e. The Morgan fingerprint density at radius 1 is 1.00 bits per heavy atom. The Kier molecular flexibility index (Phi) is 4.69. The van der Waals surface area contributed by atoms with E-state index in [1.165, 1.54) is 0 Å². The van der Waals surface area contributed by atoms with Crippen molar-refractivity contribution in [3.05, 3.63) is 0 Å². The standard InChI is InChI=1S/B9H3/c1-6-9(7(2)3)8(4)5/h1H3/q-1. The first kappa shape index (κ1) is 9.58. The lowest BCUT2D eigenvalue weighted by molar-refractivity contribution is 3.58. The summed E-state index contributed by atoms with van der Waals surface area (Å²) in [5.41, 5.74) is 0. The van der Waals surface area contributed by atoms with Crippen LogP contribution in [0.15, 0.2) is 0 Å². The van der Waals surface area contributed by atoms with Gasteiger partial charge in [0, 0.05) is 0 Å². The first-order valence-electron chi connectivity index (χ1n) is 2.33. The quantitative estimate of drug-likeness (QED) is 0.315. The Hall–Kier alpha value is 0.584. The fourth-order valence-electron chi connectivity index (χ4n) is 0.257. The molecule has 0 bridgehead atoms. The average molecular weight is 100 g/mol. The Balaban J connectivity index is 3.68. The predicted octanol–water partition coefficient (Wildman–Crippen LogP) is -4.23. The summed E-state index contributed by atoms with van der Waals surface area (Å²) in [4.78, 5) is 0. The van der Waals surface area contributed by atoms with Crippen LogP contribution in [-0.4, -0.2) is 64.9 Å². The van der Waals surface area contributed by atoms with Crippen LogP contribution in [0.25, 0.3) is 0 Å². The van der Waals surface area contributed by atoms with Crippen molar-refractivity contribution in [1.29, 1.82) is 0 Å². The molecule has 0 N–H and O–H groups in total. The Bertz CT molecular complexity index is 54.4. The van der Waals surface area contributed by atoms with E-state index in [9.17, 15) is 0 Å². The third kappa shape index (κ3) is 3.32. The minimum Gasteiger partial charge on any atom is -0.158 e. The molecule has 9 radical (unpaired) electrons. The van der Waals surface area contributed by atoms with E-state index >= 15 is 0 Å². The van der Waals surface area contributed by atoms with Crippen LogP contribution in [0.5, 0.6) is 0 Å². The highest BCUT2D eigenvalue weighted by atomic mass is 13.0. The van der Waals surface area contributed by atoms with E-state index in [-0.39, 0.29) is 26.9 Å². The second-order valence-corrected chi connectivity index (χ2v) is 1.73. The summed E-state index contributed by atoms with van der Waals surface area (Å²) in [6, 6.07) is 0. The molecule has 0 aliphatic heterocycles. The molecule has 9 heteroatoms. The van der Waals surface area contributed by atoms with Gasteiger partial charge in [0.15, 0.2) is 0 Å². The minimum absolute atomic E-state index is 0.0185. The zero-order chi connectivity index (χ0) is 7.44. The van der Waals surface area contributed by atoms with Gasteiger partial charge in [-0.05, 0) is 50.1 Å². The first-order chi connectivity index (χ1) is 4.09. The zero-order valence-electron chi connectivity index (χ0n) is 4.62. The molecule has 0 nitrogen and oxygen atoms in total. The molecule has 0 atom stereocenters. The molecule has 0 heterocycles. The SMILES string of the molecule is [B]B([B])B([B][BH3-])B([B])[B]. The average Bonchev–Trinajstić information content (AvgIpc) is 1.64. The van der Waals surface area contributed by atoms with E-state index in [1.807, 2.05) is 0 Å². The number of hydrogen-bond acceptors (Lipinski definition) is 0. The van der Waals surface area contributed by atoms with Crippen molar-refractivity contribution < 1.29 is 0 Å². The normalized spacial score (nSPS) is 8.11. The summed E-state index contributed by atoms with van der Waals surface area (Å²) in [6.45, 7) is 0. The maximum absolute atomic E-state index is 5.37. The highest BCUT2D eigenvalue weighted by molar-refractivity contribution is 7.93. The summed E-state index contributed by atoms with van der Waals surface area (Å²) in [5.74, 6) is 0. The van der Waals surface area contributed by atoms with E-state index in [2.05, 4.69) is 7.06 Å². The summed E-state index contributed by atoms with van der Waals surface area (Å²) in [7, 11) is 23.8. The Morgan fingerprint density at radius 3 is 1.33 bits per heavy atom. The molecule has 0 fully saturated rings. The molecule has 0 aromatic rings. The van der Waals surface area contributed by atoms with Gasteiger partial charge in [-0.1, -0.05) is 7.74 Å². The van der Waals surface area contributed by atoms with Gasteiger partial charge in [-0.25, -0.2) is 0 Å². The number of rotatable bonds is 3.